The van der Waals surface area contributed by atoms with Crippen LogP contribution in [0.4, 0.5) is 0 Å². The van der Waals surface area contributed by atoms with Gasteiger partial charge < -0.3 is 9.80 Å². The van der Waals surface area contributed by atoms with E-state index in [1.165, 1.54) is 51.9 Å². The van der Waals surface area contributed by atoms with Gasteiger partial charge in [-0.2, -0.15) is 0 Å². The van der Waals surface area contributed by atoms with E-state index >= 15 is 0 Å². The fraction of sp³-hybridized carbons (Fsp3) is 1.00. The first-order valence-electron chi connectivity index (χ1n) is 8.11. The Bertz CT molecular complexity index is 263. The molecule has 6 atom stereocenters. The van der Waals surface area contributed by atoms with E-state index in [1.807, 2.05) is 9.80 Å². The Balaban J connectivity index is 1.56. The highest BCUT2D eigenvalue weighted by atomic mass is 15.3. The molecule has 0 aliphatic carbocycles. The average Bonchev–Trinajstić information content (AvgIpc) is 2.39. The second kappa shape index (κ2) is 4.24. The lowest BCUT2D eigenvalue weighted by molar-refractivity contribution is -0.993. The molecule has 0 amide bonds. The van der Waals surface area contributed by atoms with Crippen molar-refractivity contribution in [2.75, 3.05) is 26.2 Å². The minimum absolute atomic E-state index is 1.07. The van der Waals surface area contributed by atoms with Crippen LogP contribution in [0.15, 0.2) is 0 Å². The SMILES string of the molecule is C1CC[NH+]2CC3CC(C[NH+]4CCCCC34)C2C1. The van der Waals surface area contributed by atoms with Crippen LogP contribution in [0.25, 0.3) is 0 Å². The summed E-state index contributed by atoms with van der Waals surface area (Å²) in [7, 11) is 0. The van der Waals surface area contributed by atoms with E-state index in [0.29, 0.717) is 0 Å². The van der Waals surface area contributed by atoms with Gasteiger partial charge in [0.15, 0.2) is 0 Å². The fourth-order valence-corrected chi connectivity index (χ4v) is 5.70. The van der Waals surface area contributed by atoms with E-state index in [9.17, 15) is 0 Å². The summed E-state index contributed by atoms with van der Waals surface area (Å²) in [6, 6.07) is 2.13. The van der Waals surface area contributed by atoms with Crippen molar-refractivity contribution >= 4 is 0 Å². The Morgan fingerprint density at radius 2 is 1.18 bits per heavy atom. The summed E-state index contributed by atoms with van der Waals surface area (Å²) >= 11 is 0. The van der Waals surface area contributed by atoms with E-state index in [-0.39, 0.29) is 0 Å². The second-order valence-electron chi connectivity index (χ2n) is 7.19. The van der Waals surface area contributed by atoms with Crippen molar-refractivity contribution in [3.8, 4) is 0 Å². The Kier molecular flexibility index (Phi) is 2.69. The normalized spacial score (nSPS) is 53.6. The third kappa shape index (κ3) is 1.76. The zero-order chi connectivity index (χ0) is 11.2. The molecular formula is C15H28N2+2. The first-order valence-corrected chi connectivity index (χ1v) is 8.11. The second-order valence-corrected chi connectivity index (χ2v) is 7.19. The van der Waals surface area contributed by atoms with Gasteiger partial charge in [0.25, 0.3) is 0 Å². The van der Waals surface area contributed by atoms with Crippen molar-refractivity contribution in [3.63, 3.8) is 0 Å². The summed E-state index contributed by atoms with van der Waals surface area (Å²) in [5.74, 6) is 2.18. The molecule has 0 saturated carbocycles. The maximum atomic E-state index is 2.02. The van der Waals surface area contributed by atoms with Crippen molar-refractivity contribution in [1.82, 2.24) is 0 Å². The Morgan fingerprint density at radius 1 is 0.647 bits per heavy atom. The van der Waals surface area contributed by atoms with Crippen LogP contribution in [-0.2, 0) is 0 Å². The predicted molar refractivity (Wildman–Crippen MR) is 68.3 cm³/mol. The van der Waals surface area contributed by atoms with Gasteiger partial charge in [0.1, 0.15) is 0 Å². The van der Waals surface area contributed by atoms with Crippen molar-refractivity contribution < 1.29 is 9.80 Å². The summed E-state index contributed by atoms with van der Waals surface area (Å²) < 4.78 is 0. The minimum Gasteiger partial charge on any atom is -0.332 e. The van der Waals surface area contributed by atoms with Crippen molar-refractivity contribution in [2.24, 2.45) is 11.8 Å². The molecule has 4 saturated heterocycles. The average molecular weight is 236 g/mol. The Morgan fingerprint density at radius 3 is 1.71 bits per heavy atom. The molecule has 2 bridgehead atoms. The topological polar surface area (TPSA) is 8.88 Å². The van der Waals surface area contributed by atoms with E-state index < -0.39 is 0 Å². The number of fused-ring (bicyclic) bond motifs is 6. The molecule has 0 radical (unpaired) electrons. The van der Waals surface area contributed by atoms with Crippen LogP contribution in [0.5, 0.6) is 0 Å². The Hall–Kier alpha value is -0.0800. The summed E-state index contributed by atoms with van der Waals surface area (Å²) in [5.41, 5.74) is 0. The van der Waals surface area contributed by atoms with E-state index in [0.717, 1.165) is 23.9 Å². The third-order valence-electron chi connectivity index (χ3n) is 6.37. The van der Waals surface area contributed by atoms with Crippen LogP contribution in [0.1, 0.15) is 44.9 Å². The molecule has 17 heavy (non-hydrogen) atoms. The first kappa shape index (κ1) is 10.8. The summed E-state index contributed by atoms with van der Waals surface area (Å²) in [6.45, 7) is 6.07. The van der Waals surface area contributed by atoms with E-state index in [1.54, 1.807) is 19.3 Å². The van der Waals surface area contributed by atoms with E-state index in [4.69, 9.17) is 0 Å². The maximum Gasteiger partial charge on any atom is 0.0957 e. The largest absolute Gasteiger partial charge is 0.332 e. The molecule has 6 unspecified atom stereocenters. The van der Waals surface area contributed by atoms with Gasteiger partial charge in [0, 0.05) is 12.8 Å². The zero-order valence-corrected chi connectivity index (χ0v) is 11.1. The quantitative estimate of drug-likeness (QED) is 0.562. The predicted octanol–water partition coefficient (Wildman–Crippen LogP) is -0.489. The lowest BCUT2D eigenvalue weighted by atomic mass is 9.71. The zero-order valence-electron chi connectivity index (χ0n) is 11.1. The van der Waals surface area contributed by atoms with Gasteiger partial charge in [-0.15, -0.1) is 0 Å². The molecule has 2 heteroatoms. The first-order chi connectivity index (χ1) is 8.42. The number of hydrogen-bond donors (Lipinski definition) is 2. The lowest BCUT2D eigenvalue weighted by Crippen LogP contribution is -3.26. The number of hydrogen-bond acceptors (Lipinski definition) is 0. The van der Waals surface area contributed by atoms with Gasteiger partial charge in [0.05, 0.1) is 50.1 Å². The van der Waals surface area contributed by atoms with Crippen LogP contribution < -0.4 is 9.80 Å². The van der Waals surface area contributed by atoms with Crippen LogP contribution in [0, 0.1) is 11.8 Å². The molecule has 4 fully saturated rings. The number of quaternary nitrogens is 2. The van der Waals surface area contributed by atoms with E-state index in [2.05, 4.69) is 0 Å². The monoisotopic (exact) mass is 236 g/mol. The van der Waals surface area contributed by atoms with Crippen molar-refractivity contribution in [3.05, 3.63) is 0 Å². The molecule has 2 N–H and O–H groups in total. The van der Waals surface area contributed by atoms with Crippen LogP contribution in [-0.4, -0.2) is 38.3 Å². The third-order valence-corrected chi connectivity index (χ3v) is 6.37. The minimum atomic E-state index is 1.07. The maximum absolute atomic E-state index is 2.02. The lowest BCUT2D eigenvalue weighted by Gasteiger charge is -2.52. The molecule has 4 aliphatic heterocycles. The fourth-order valence-electron chi connectivity index (χ4n) is 5.70. The van der Waals surface area contributed by atoms with Crippen LogP contribution in [0.3, 0.4) is 0 Å². The van der Waals surface area contributed by atoms with Gasteiger partial charge >= 0.3 is 0 Å². The van der Waals surface area contributed by atoms with Gasteiger partial charge in [-0.3, -0.25) is 0 Å². The molecule has 0 aromatic rings. The smallest absolute Gasteiger partial charge is 0.0957 e. The van der Waals surface area contributed by atoms with Crippen molar-refractivity contribution in [2.45, 2.75) is 57.0 Å². The molecular weight excluding hydrogens is 208 g/mol. The summed E-state index contributed by atoms with van der Waals surface area (Å²) in [6.07, 6.45) is 10.7. The summed E-state index contributed by atoms with van der Waals surface area (Å²) in [4.78, 5) is 4.03. The highest BCUT2D eigenvalue weighted by Gasteiger charge is 2.51. The van der Waals surface area contributed by atoms with Crippen molar-refractivity contribution in [1.29, 1.82) is 0 Å². The van der Waals surface area contributed by atoms with Crippen LogP contribution >= 0.6 is 0 Å². The molecule has 0 spiro atoms. The molecule has 96 valence electrons. The summed E-state index contributed by atoms with van der Waals surface area (Å²) in [5, 5.41) is 0. The van der Waals surface area contributed by atoms with Gasteiger partial charge in [-0.1, -0.05) is 0 Å². The standard InChI is InChI=1S/C15H26N2/c1-3-7-16-11-13-9-12(14(16)5-1)10-17-8-4-2-6-15(13)17/h12-15H,1-11H2/p+2. The highest BCUT2D eigenvalue weighted by molar-refractivity contribution is 4.86. The number of rotatable bonds is 0. The molecule has 4 heterocycles. The molecule has 2 nitrogen and oxygen atoms in total. The van der Waals surface area contributed by atoms with Gasteiger partial charge in [0.2, 0.25) is 0 Å². The molecule has 0 aromatic carbocycles. The number of piperidine rings is 4. The number of nitrogens with one attached hydrogen (secondary N) is 2. The molecule has 4 aliphatic rings. The van der Waals surface area contributed by atoms with Gasteiger partial charge in [-0.05, 0) is 32.1 Å². The molecule has 0 aromatic heterocycles. The highest BCUT2D eigenvalue weighted by Crippen LogP contribution is 2.29. The Labute approximate surface area is 105 Å². The van der Waals surface area contributed by atoms with Crippen LogP contribution in [0.2, 0.25) is 0 Å². The van der Waals surface area contributed by atoms with Gasteiger partial charge in [-0.25, -0.2) is 0 Å². The molecule has 4 rings (SSSR count).